The van der Waals surface area contributed by atoms with E-state index in [1.54, 1.807) is 0 Å². The summed E-state index contributed by atoms with van der Waals surface area (Å²) in [5.41, 5.74) is 2.53. The van der Waals surface area contributed by atoms with E-state index in [-0.39, 0.29) is 12.0 Å². The van der Waals surface area contributed by atoms with E-state index in [0.717, 1.165) is 25.1 Å². The van der Waals surface area contributed by atoms with Crippen molar-refractivity contribution in [2.24, 2.45) is 0 Å². The Balaban J connectivity index is 2.57. The van der Waals surface area contributed by atoms with Gasteiger partial charge in [0.1, 0.15) is 0 Å². The predicted molar refractivity (Wildman–Crippen MR) is 78.2 cm³/mol. The van der Waals surface area contributed by atoms with Crippen LogP contribution in [0.15, 0.2) is 24.3 Å². The molecular weight excluding hydrogens is 246 g/mol. The van der Waals surface area contributed by atoms with Crippen molar-refractivity contribution < 1.29 is 5.11 Å². The second kappa shape index (κ2) is 8.52. The predicted octanol–water partition coefficient (Wildman–Crippen LogP) is 3.23. The van der Waals surface area contributed by atoms with Crippen LogP contribution in [0.25, 0.3) is 0 Å². The smallest absolute Gasteiger partial charge is 0.0712 e. The van der Waals surface area contributed by atoms with Gasteiger partial charge in [-0.25, -0.2) is 0 Å². The van der Waals surface area contributed by atoms with E-state index < -0.39 is 0 Å². The van der Waals surface area contributed by atoms with Gasteiger partial charge in [0.15, 0.2) is 0 Å². The minimum absolute atomic E-state index is 0.00724. The third kappa shape index (κ3) is 4.97. The average Bonchev–Trinajstić information content (AvgIpc) is 2.39. The van der Waals surface area contributed by atoms with Gasteiger partial charge in [-0.3, -0.25) is 4.90 Å². The van der Waals surface area contributed by atoms with Crippen molar-refractivity contribution in [1.29, 1.82) is 0 Å². The SMILES string of the molecule is CCCc1ccc(C(Cl)CN(CC)CCO)cc1. The Morgan fingerprint density at radius 2 is 1.89 bits per heavy atom. The lowest BCUT2D eigenvalue weighted by Crippen LogP contribution is -2.29. The zero-order chi connectivity index (χ0) is 13.4. The maximum absolute atomic E-state index is 8.96. The Bertz CT molecular complexity index is 326. The molecule has 0 fully saturated rings. The summed E-state index contributed by atoms with van der Waals surface area (Å²) in [6, 6.07) is 8.57. The molecule has 1 aromatic carbocycles. The number of aryl methyl sites for hydroxylation is 1. The number of rotatable bonds is 8. The Morgan fingerprint density at radius 3 is 2.39 bits per heavy atom. The highest BCUT2D eigenvalue weighted by atomic mass is 35.5. The second-order valence-electron chi connectivity index (χ2n) is 4.58. The van der Waals surface area contributed by atoms with Crippen LogP contribution in [-0.4, -0.2) is 36.2 Å². The summed E-state index contributed by atoms with van der Waals surface area (Å²) in [7, 11) is 0. The van der Waals surface area contributed by atoms with Crippen molar-refractivity contribution in [3.63, 3.8) is 0 Å². The largest absolute Gasteiger partial charge is 0.395 e. The van der Waals surface area contributed by atoms with Crippen LogP contribution in [0.4, 0.5) is 0 Å². The Morgan fingerprint density at radius 1 is 1.22 bits per heavy atom. The molecule has 0 radical (unpaired) electrons. The molecule has 1 aromatic rings. The normalized spacial score (nSPS) is 12.9. The van der Waals surface area contributed by atoms with Gasteiger partial charge in [-0.15, -0.1) is 11.6 Å². The topological polar surface area (TPSA) is 23.5 Å². The maximum atomic E-state index is 8.96. The van der Waals surface area contributed by atoms with Gasteiger partial charge < -0.3 is 5.11 Å². The van der Waals surface area contributed by atoms with E-state index in [1.807, 2.05) is 0 Å². The number of nitrogens with zero attached hydrogens (tertiary/aromatic N) is 1. The second-order valence-corrected chi connectivity index (χ2v) is 5.10. The molecule has 0 aliphatic rings. The minimum atomic E-state index is -0.00724. The minimum Gasteiger partial charge on any atom is -0.395 e. The van der Waals surface area contributed by atoms with E-state index in [9.17, 15) is 0 Å². The number of hydrogen-bond donors (Lipinski definition) is 1. The standard InChI is InChI=1S/C15H24ClNO/c1-3-5-13-6-8-14(9-7-13)15(16)12-17(4-2)10-11-18/h6-9,15,18H,3-5,10-12H2,1-2H3. The van der Waals surface area contributed by atoms with Crippen molar-refractivity contribution in [2.45, 2.75) is 32.1 Å². The van der Waals surface area contributed by atoms with Crippen molar-refractivity contribution >= 4 is 11.6 Å². The highest BCUT2D eigenvalue weighted by Gasteiger charge is 2.12. The highest BCUT2D eigenvalue weighted by Crippen LogP contribution is 2.22. The van der Waals surface area contributed by atoms with Gasteiger partial charge in [-0.1, -0.05) is 44.5 Å². The summed E-state index contributed by atoms with van der Waals surface area (Å²) < 4.78 is 0. The molecule has 1 rings (SSSR count). The number of aliphatic hydroxyl groups is 1. The first-order chi connectivity index (χ1) is 8.71. The summed E-state index contributed by atoms with van der Waals surface area (Å²) in [6.45, 7) is 6.85. The zero-order valence-electron chi connectivity index (χ0n) is 11.4. The van der Waals surface area contributed by atoms with Crippen LogP contribution in [0, 0.1) is 0 Å². The Kier molecular flexibility index (Phi) is 7.33. The third-order valence-corrected chi connectivity index (χ3v) is 3.55. The molecule has 0 aromatic heterocycles. The van der Waals surface area contributed by atoms with Crippen LogP contribution in [0.1, 0.15) is 36.8 Å². The maximum Gasteiger partial charge on any atom is 0.0712 e. The van der Waals surface area contributed by atoms with Crippen molar-refractivity contribution in [2.75, 3.05) is 26.2 Å². The summed E-state index contributed by atoms with van der Waals surface area (Å²) in [5, 5.41) is 8.95. The van der Waals surface area contributed by atoms with Crippen molar-refractivity contribution in [3.8, 4) is 0 Å². The number of halogens is 1. The van der Waals surface area contributed by atoms with Gasteiger partial charge >= 0.3 is 0 Å². The van der Waals surface area contributed by atoms with Crippen LogP contribution in [-0.2, 0) is 6.42 Å². The van der Waals surface area contributed by atoms with Crippen LogP contribution in [0.5, 0.6) is 0 Å². The first-order valence-electron chi connectivity index (χ1n) is 6.77. The number of benzene rings is 1. The number of aliphatic hydroxyl groups excluding tert-OH is 1. The molecule has 1 N–H and O–H groups in total. The Hall–Kier alpha value is -0.570. The number of likely N-dealkylation sites (N-methyl/N-ethyl adjacent to an activating group) is 1. The van der Waals surface area contributed by atoms with E-state index in [2.05, 4.69) is 43.0 Å². The Labute approximate surface area is 116 Å². The van der Waals surface area contributed by atoms with Gasteiger partial charge in [0.05, 0.1) is 12.0 Å². The van der Waals surface area contributed by atoms with Crippen LogP contribution in [0.2, 0.25) is 0 Å². The highest BCUT2D eigenvalue weighted by molar-refractivity contribution is 6.21. The molecule has 0 aliphatic carbocycles. The lowest BCUT2D eigenvalue weighted by Gasteiger charge is -2.22. The first kappa shape index (κ1) is 15.5. The summed E-state index contributed by atoms with van der Waals surface area (Å²) in [6.07, 6.45) is 2.29. The summed E-state index contributed by atoms with van der Waals surface area (Å²) in [4.78, 5) is 2.16. The molecule has 2 nitrogen and oxygen atoms in total. The fraction of sp³-hybridized carbons (Fsp3) is 0.600. The number of hydrogen-bond acceptors (Lipinski definition) is 2. The summed E-state index contributed by atoms with van der Waals surface area (Å²) in [5.74, 6) is 0. The molecule has 0 aliphatic heterocycles. The quantitative estimate of drug-likeness (QED) is 0.733. The zero-order valence-corrected chi connectivity index (χ0v) is 12.2. The lowest BCUT2D eigenvalue weighted by molar-refractivity contribution is 0.202. The number of alkyl halides is 1. The van der Waals surface area contributed by atoms with Crippen LogP contribution in [0.3, 0.4) is 0 Å². The van der Waals surface area contributed by atoms with Gasteiger partial charge in [0, 0.05) is 13.1 Å². The molecule has 0 bridgehead atoms. The molecule has 0 saturated heterocycles. The van der Waals surface area contributed by atoms with E-state index in [4.69, 9.17) is 16.7 Å². The molecule has 0 saturated carbocycles. The van der Waals surface area contributed by atoms with Gasteiger partial charge in [-0.2, -0.15) is 0 Å². The van der Waals surface area contributed by atoms with E-state index in [0.29, 0.717) is 6.54 Å². The monoisotopic (exact) mass is 269 g/mol. The molecular formula is C15H24ClNO. The van der Waals surface area contributed by atoms with Crippen LogP contribution < -0.4 is 0 Å². The van der Waals surface area contributed by atoms with E-state index in [1.165, 1.54) is 12.0 Å². The molecule has 1 atom stereocenters. The third-order valence-electron chi connectivity index (χ3n) is 3.16. The average molecular weight is 270 g/mol. The fourth-order valence-electron chi connectivity index (χ4n) is 2.03. The molecule has 0 heterocycles. The molecule has 102 valence electrons. The molecule has 3 heteroatoms. The van der Waals surface area contributed by atoms with Gasteiger partial charge in [0.25, 0.3) is 0 Å². The molecule has 0 amide bonds. The van der Waals surface area contributed by atoms with E-state index >= 15 is 0 Å². The molecule has 0 spiro atoms. The molecule has 1 unspecified atom stereocenters. The fourth-order valence-corrected chi connectivity index (χ4v) is 2.37. The van der Waals surface area contributed by atoms with Gasteiger partial charge in [-0.05, 0) is 24.1 Å². The van der Waals surface area contributed by atoms with Crippen LogP contribution >= 0.6 is 11.6 Å². The van der Waals surface area contributed by atoms with Crippen molar-refractivity contribution in [1.82, 2.24) is 4.90 Å². The van der Waals surface area contributed by atoms with Crippen molar-refractivity contribution in [3.05, 3.63) is 35.4 Å². The molecule has 18 heavy (non-hydrogen) atoms. The lowest BCUT2D eigenvalue weighted by atomic mass is 10.1. The van der Waals surface area contributed by atoms with Gasteiger partial charge in [0.2, 0.25) is 0 Å². The summed E-state index contributed by atoms with van der Waals surface area (Å²) >= 11 is 6.42. The first-order valence-corrected chi connectivity index (χ1v) is 7.21.